The Labute approximate surface area is 215 Å². The van der Waals surface area contributed by atoms with E-state index in [0.717, 1.165) is 11.1 Å². The molecule has 0 heterocycles. The molecule has 0 saturated carbocycles. The van der Waals surface area contributed by atoms with E-state index < -0.39 is 5.91 Å². The molecule has 3 aromatic rings. The molecule has 3 aromatic carbocycles. The summed E-state index contributed by atoms with van der Waals surface area (Å²) < 4.78 is 11.3. The SMILES string of the molecule is CCOc1cc(/C=C(\C#N)C(=O)Nc2ccc(C)cc2)cc(Cl)c1OCC(=O)Nc1ccc(C)cc1. The van der Waals surface area contributed by atoms with Crippen molar-refractivity contribution in [3.8, 4) is 17.6 Å². The van der Waals surface area contributed by atoms with Crippen LogP contribution in [0.5, 0.6) is 11.5 Å². The molecular formula is C28H26ClN3O4. The number of benzene rings is 3. The zero-order valence-corrected chi connectivity index (χ0v) is 21.0. The van der Waals surface area contributed by atoms with Crippen LogP contribution in [-0.2, 0) is 9.59 Å². The van der Waals surface area contributed by atoms with Gasteiger partial charge in [0.25, 0.3) is 11.8 Å². The summed E-state index contributed by atoms with van der Waals surface area (Å²) in [5, 5.41) is 15.2. The maximum Gasteiger partial charge on any atom is 0.266 e. The molecule has 184 valence electrons. The Bertz CT molecular complexity index is 1310. The highest BCUT2D eigenvalue weighted by molar-refractivity contribution is 6.32. The van der Waals surface area contributed by atoms with Gasteiger partial charge in [0.15, 0.2) is 18.1 Å². The van der Waals surface area contributed by atoms with Gasteiger partial charge in [0.2, 0.25) is 0 Å². The van der Waals surface area contributed by atoms with E-state index >= 15 is 0 Å². The standard InChI is InChI=1S/C28H26ClN3O4/c1-4-35-25-15-20(13-21(16-30)28(34)32-23-11-7-19(3)8-12-23)14-24(29)27(25)36-17-26(33)31-22-9-5-18(2)6-10-22/h5-15H,4,17H2,1-3H3,(H,31,33)(H,32,34)/b21-13+. The Hall–Kier alpha value is -4.28. The minimum Gasteiger partial charge on any atom is -0.490 e. The third-order valence-electron chi connectivity index (χ3n) is 5.00. The average Bonchev–Trinajstić information content (AvgIpc) is 2.85. The highest BCUT2D eigenvalue weighted by Crippen LogP contribution is 2.37. The second kappa shape index (κ2) is 12.4. The predicted octanol–water partition coefficient (Wildman–Crippen LogP) is 5.92. The Kier molecular flexibility index (Phi) is 9.09. The van der Waals surface area contributed by atoms with Gasteiger partial charge in [-0.2, -0.15) is 5.26 Å². The van der Waals surface area contributed by atoms with Crippen LogP contribution in [0, 0.1) is 25.2 Å². The van der Waals surface area contributed by atoms with E-state index in [2.05, 4.69) is 10.6 Å². The van der Waals surface area contributed by atoms with E-state index in [-0.39, 0.29) is 34.6 Å². The van der Waals surface area contributed by atoms with Crippen LogP contribution in [0.15, 0.2) is 66.2 Å². The van der Waals surface area contributed by atoms with Crippen LogP contribution in [0.1, 0.15) is 23.6 Å². The van der Waals surface area contributed by atoms with Gasteiger partial charge in [0, 0.05) is 11.4 Å². The van der Waals surface area contributed by atoms with E-state index in [1.807, 2.05) is 44.2 Å². The van der Waals surface area contributed by atoms with E-state index in [1.165, 1.54) is 12.1 Å². The van der Waals surface area contributed by atoms with Crippen LogP contribution in [0.4, 0.5) is 11.4 Å². The van der Waals surface area contributed by atoms with Crippen molar-refractivity contribution in [2.24, 2.45) is 0 Å². The van der Waals surface area contributed by atoms with Gasteiger partial charge in [-0.05, 0) is 68.8 Å². The fraction of sp³-hybridized carbons (Fsp3) is 0.179. The number of aryl methyl sites for hydroxylation is 2. The first-order valence-electron chi connectivity index (χ1n) is 11.2. The first-order valence-corrected chi connectivity index (χ1v) is 11.6. The van der Waals surface area contributed by atoms with Crippen molar-refractivity contribution in [3.63, 3.8) is 0 Å². The number of carbonyl (C=O) groups excluding carboxylic acids is 2. The second-order valence-electron chi connectivity index (χ2n) is 7.96. The molecule has 0 spiro atoms. The fourth-order valence-electron chi connectivity index (χ4n) is 3.20. The van der Waals surface area contributed by atoms with Gasteiger partial charge in [0.05, 0.1) is 11.6 Å². The largest absolute Gasteiger partial charge is 0.490 e. The summed E-state index contributed by atoms with van der Waals surface area (Å²) in [5.74, 6) is -0.433. The van der Waals surface area contributed by atoms with Crippen molar-refractivity contribution < 1.29 is 19.1 Å². The summed E-state index contributed by atoms with van der Waals surface area (Å²) in [7, 11) is 0. The van der Waals surface area contributed by atoms with Gasteiger partial charge in [0.1, 0.15) is 11.6 Å². The molecular weight excluding hydrogens is 478 g/mol. The Morgan fingerprint density at radius 3 is 2.08 bits per heavy atom. The lowest BCUT2D eigenvalue weighted by atomic mass is 10.1. The molecule has 0 fully saturated rings. The van der Waals surface area contributed by atoms with Crippen LogP contribution in [0.25, 0.3) is 6.08 Å². The molecule has 2 N–H and O–H groups in total. The number of hydrogen-bond donors (Lipinski definition) is 2. The van der Waals surface area contributed by atoms with E-state index in [1.54, 1.807) is 37.3 Å². The Morgan fingerprint density at radius 2 is 1.53 bits per heavy atom. The van der Waals surface area contributed by atoms with E-state index in [9.17, 15) is 14.9 Å². The van der Waals surface area contributed by atoms with Crippen molar-refractivity contribution in [1.29, 1.82) is 5.26 Å². The van der Waals surface area contributed by atoms with Crippen LogP contribution in [0.2, 0.25) is 5.02 Å². The molecule has 7 nitrogen and oxygen atoms in total. The molecule has 36 heavy (non-hydrogen) atoms. The Balaban J connectivity index is 1.76. The molecule has 3 rings (SSSR count). The van der Waals surface area contributed by atoms with Crippen molar-refractivity contribution in [2.75, 3.05) is 23.8 Å². The minimum absolute atomic E-state index is 0.111. The molecule has 0 saturated heterocycles. The number of carbonyl (C=O) groups is 2. The topological polar surface area (TPSA) is 100 Å². The summed E-state index contributed by atoms with van der Waals surface area (Å²) in [4.78, 5) is 24.9. The summed E-state index contributed by atoms with van der Waals surface area (Å²) in [6, 6.07) is 19.7. The van der Waals surface area contributed by atoms with Gasteiger partial charge in [-0.25, -0.2) is 0 Å². The zero-order chi connectivity index (χ0) is 26.1. The first-order chi connectivity index (χ1) is 17.3. The number of hydrogen-bond acceptors (Lipinski definition) is 5. The van der Waals surface area contributed by atoms with E-state index in [4.69, 9.17) is 21.1 Å². The number of nitriles is 1. The smallest absolute Gasteiger partial charge is 0.266 e. The van der Waals surface area contributed by atoms with Gasteiger partial charge in [-0.3, -0.25) is 9.59 Å². The molecule has 0 unspecified atom stereocenters. The molecule has 8 heteroatoms. The van der Waals surface area contributed by atoms with Crippen molar-refractivity contribution in [3.05, 3.63) is 87.9 Å². The summed E-state index contributed by atoms with van der Waals surface area (Å²) in [6.45, 7) is 5.72. The summed E-state index contributed by atoms with van der Waals surface area (Å²) in [6.07, 6.45) is 1.41. The first kappa shape index (κ1) is 26.3. The number of ether oxygens (including phenoxy) is 2. The molecule has 0 aliphatic carbocycles. The lowest BCUT2D eigenvalue weighted by Crippen LogP contribution is -2.20. The van der Waals surface area contributed by atoms with Gasteiger partial charge in [-0.15, -0.1) is 0 Å². The molecule has 0 aliphatic heterocycles. The number of nitrogens with zero attached hydrogens (tertiary/aromatic N) is 1. The number of halogens is 1. The average molecular weight is 504 g/mol. The van der Waals surface area contributed by atoms with Gasteiger partial charge >= 0.3 is 0 Å². The molecule has 0 aromatic heterocycles. The van der Waals surface area contributed by atoms with Crippen LogP contribution < -0.4 is 20.1 Å². The molecule has 0 aliphatic rings. The van der Waals surface area contributed by atoms with Crippen LogP contribution >= 0.6 is 11.6 Å². The van der Waals surface area contributed by atoms with Crippen LogP contribution in [-0.4, -0.2) is 25.0 Å². The quantitative estimate of drug-likeness (QED) is 0.279. The summed E-state index contributed by atoms with van der Waals surface area (Å²) in [5.41, 5.74) is 3.72. The molecule has 0 radical (unpaired) electrons. The van der Waals surface area contributed by atoms with Crippen molar-refractivity contribution in [1.82, 2.24) is 0 Å². The highest BCUT2D eigenvalue weighted by Gasteiger charge is 2.16. The fourth-order valence-corrected chi connectivity index (χ4v) is 3.47. The number of amides is 2. The monoisotopic (exact) mass is 503 g/mol. The van der Waals surface area contributed by atoms with E-state index in [0.29, 0.717) is 23.5 Å². The Morgan fingerprint density at radius 1 is 0.944 bits per heavy atom. The maximum absolute atomic E-state index is 12.6. The minimum atomic E-state index is -0.552. The normalized spacial score (nSPS) is 10.8. The predicted molar refractivity (Wildman–Crippen MR) is 141 cm³/mol. The molecule has 2 amide bonds. The number of anilines is 2. The van der Waals surface area contributed by atoms with Crippen LogP contribution in [0.3, 0.4) is 0 Å². The third kappa shape index (κ3) is 7.36. The highest BCUT2D eigenvalue weighted by atomic mass is 35.5. The molecule has 0 atom stereocenters. The lowest BCUT2D eigenvalue weighted by Gasteiger charge is -2.15. The molecule has 0 bridgehead atoms. The number of nitrogens with one attached hydrogen (secondary N) is 2. The second-order valence-corrected chi connectivity index (χ2v) is 8.36. The summed E-state index contributed by atoms with van der Waals surface area (Å²) >= 11 is 6.43. The third-order valence-corrected chi connectivity index (χ3v) is 5.28. The lowest BCUT2D eigenvalue weighted by molar-refractivity contribution is -0.118. The van der Waals surface area contributed by atoms with Crippen molar-refractivity contribution in [2.45, 2.75) is 20.8 Å². The van der Waals surface area contributed by atoms with Crippen molar-refractivity contribution >= 4 is 40.9 Å². The maximum atomic E-state index is 12.6. The zero-order valence-electron chi connectivity index (χ0n) is 20.2. The van der Waals surface area contributed by atoms with Gasteiger partial charge < -0.3 is 20.1 Å². The van der Waals surface area contributed by atoms with Gasteiger partial charge in [-0.1, -0.05) is 47.0 Å². The number of rotatable bonds is 9.